The van der Waals surface area contributed by atoms with Crippen molar-refractivity contribution in [3.8, 4) is 11.3 Å². The van der Waals surface area contributed by atoms with Crippen LogP contribution >= 0.6 is 0 Å². The lowest BCUT2D eigenvalue weighted by Crippen LogP contribution is -2.27. The molecule has 0 saturated carbocycles. The number of hydrogen-bond donors (Lipinski definition) is 2. The van der Waals surface area contributed by atoms with Crippen molar-refractivity contribution in [2.45, 2.75) is 39.7 Å². The minimum absolute atomic E-state index is 0.0721. The third-order valence-corrected chi connectivity index (χ3v) is 2.84. The van der Waals surface area contributed by atoms with E-state index in [9.17, 15) is 0 Å². The fraction of sp³-hybridized carbons (Fsp3) is 0.412. The van der Waals surface area contributed by atoms with E-state index in [0.717, 1.165) is 30.0 Å². The summed E-state index contributed by atoms with van der Waals surface area (Å²) in [7, 11) is 0. The molecule has 1 aromatic heterocycles. The van der Waals surface area contributed by atoms with Gasteiger partial charge in [0.2, 0.25) is 5.95 Å². The van der Waals surface area contributed by atoms with E-state index in [-0.39, 0.29) is 5.54 Å². The molecule has 0 atom stereocenters. The molecule has 4 nitrogen and oxygen atoms in total. The van der Waals surface area contributed by atoms with Gasteiger partial charge >= 0.3 is 0 Å². The Balaban J connectivity index is 2.37. The van der Waals surface area contributed by atoms with Crippen molar-refractivity contribution in [2.75, 3.05) is 17.2 Å². The number of benzene rings is 1. The molecule has 0 aliphatic carbocycles. The molecule has 0 fully saturated rings. The molecule has 0 spiro atoms. The zero-order chi connectivity index (χ0) is 15.3. The van der Waals surface area contributed by atoms with Crippen molar-refractivity contribution in [3.05, 3.63) is 36.4 Å². The molecule has 0 radical (unpaired) electrons. The van der Waals surface area contributed by atoms with Gasteiger partial charge in [-0.25, -0.2) is 4.98 Å². The van der Waals surface area contributed by atoms with E-state index in [2.05, 4.69) is 60.4 Å². The van der Waals surface area contributed by atoms with Crippen LogP contribution in [0, 0.1) is 0 Å². The van der Waals surface area contributed by atoms with Gasteiger partial charge in [0.05, 0.1) is 5.69 Å². The minimum atomic E-state index is -0.0721. The molecule has 0 unspecified atom stereocenters. The summed E-state index contributed by atoms with van der Waals surface area (Å²) in [6, 6.07) is 12.2. The van der Waals surface area contributed by atoms with E-state index in [1.165, 1.54) is 0 Å². The van der Waals surface area contributed by atoms with Gasteiger partial charge in [-0.1, -0.05) is 37.3 Å². The van der Waals surface area contributed by atoms with Crippen LogP contribution in [0.5, 0.6) is 0 Å². The van der Waals surface area contributed by atoms with Crippen LogP contribution in [0.25, 0.3) is 11.3 Å². The van der Waals surface area contributed by atoms with Crippen LogP contribution in [0.15, 0.2) is 36.4 Å². The molecule has 0 aliphatic heterocycles. The highest BCUT2D eigenvalue weighted by atomic mass is 15.2. The summed E-state index contributed by atoms with van der Waals surface area (Å²) in [5, 5.41) is 6.69. The van der Waals surface area contributed by atoms with Crippen molar-refractivity contribution >= 4 is 11.8 Å². The third-order valence-electron chi connectivity index (χ3n) is 2.84. The summed E-state index contributed by atoms with van der Waals surface area (Å²) in [5.41, 5.74) is 1.95. The molecular formula is C17H24N4. The molecule has 1 heterocycles. The van der Waals surface area contributed by atoms with Gasteiger partial charge in [0.1, 0.15) is 5.82 Å². The van der Waals surface area contributed by atoms with Gasteiger partial charge in [-0.05, 0) is 27.2 Å². The van der Waals surface area contributed by atoms with E-state index in [1.54, 1.807) is 0 Å². The average Bonchev–Trinajstić information content (AvgIpc) is 2.44. The summed E-state index contributed by atoms with van der Waals surface area (Å²) < 4.78 is 0. The van der Waals surface area contributed by atoms with Crippen LogP contribution in [0.1, 0.15) is 34.1 Å². The number of nitrogens with one attached hydrogen (secondary N) is 2. The van der Waals surface area contributed by atoms with E-state index in [0.29, 0.717) is 5.95 Å². The van der Waals surface area contributed by atoms with Crippen LogP contribution < -0.4 is 10.6 Å². The van der Waals surface area contributed by atoms with Gasteiger partial charge in [-0.15, -0.1) is 0 Å². The average molecular weight is 284 g/mol. The minimum Gasteiger partial charge on any atom is -0.370 e. The third kappa shape index (κ3) is 4.74. The highest BCUT2D eigenvalue weighted by molar-refractivity contribution is 5.64. The zero-order valence-electron chi connectivity index (χ0n) is 13.3. The Labute approximate surface area is 127 Å². The molecule has 2 aromatic rings. The maximum atomic E-state index is 4.63. The van der Waals surface area contributed by atoms with E-state index < -0.39 is 0 Å². The van der Waals surface area contributed by atoms with Crippen LogP contribution in [0.3, 0.4) is 0 Å². The van der Waals surface area contributed by atoms with Crippen molar-refractivity contribution in [1.82, 2.24) is 9.97 Å². The monoisotopic (exact) mass is 284 g/mol. The number of aromatic nitrogens is 2. The number of hydrogen-bond acceptors (Lipinski definition) is 4. The van der Waals surface area contributed by atoms with Gasteiger partial charge < -0.3 is 10.6 Å². The standard InChI is InChI=1S/C17H24N4/c1-5-11-18-15-12-14(13-9-7-6-8-10-13)19-16(20-15)21-17(2,3)4/h6-10,12H,5,11H2,1-4H3,(H2,18,19,20,21). The van der Waals surface area contributed by atoms with Crippen LogP contribution in [0.4, 0.5) is 11.8 Å². The molecular weight excluding hydrogens is 260 g/mol. The second-order valence-electron chi connectivity index (χ2n) is 6.13. The number of anilines is 2. The largest absolute Gasteiger partial charge is 0.370 e. The molecule has 4 heteroatoms. The Morgan fingerprint density at radius 2 is 1.76 bits per heavy atom. The van der Waals surface area contributed by atoms with Gasteiger partial charge in [0, 0.05) is 23.7 Å². The summed E-state index contributed by atoms with van der Waals surface area (Å²) in [5.74, 6) is 1.51. The van der Waals surface area contributed by atoms with Crippen LogP contribution in [-0.4, -0.2) is 22.1 Å². The zero-order valence-corrected chi connectivity index (χ0v) is 13.3. The molecule has 1 aromatic carbocycles. The van der Waals surface area contributed by atoms with Crippen molar-refractivity contribution in [2.24, 2.45) is 0 Å². The van der Waals surface area contributed by atoms with Gasteiger partial charge in [0.25, 0.3) is 0 Å². The summed E-state index contributed by atoms with van der Waals surface area (Å²) >= 11 is 0. The Morgan fingerprint density at radius 3 is 2.38 bits per heavy atom. The highest BCUT2D eigenvalue weighted by Crippen LogP contribution is 2.22. The van der Waals surface area contributed by atoms with Gasteiger partial charge in [0.15, 0.2) is 0 Å². The molecule has 0 aliphatic rings. The number of rotatable bonds is 5. The maximum Gasteiger partial charge on any atom is 0.225 e. The highest BCUT2D eigenvalue weighted by Gasteiger charge is 2.13. The predicted octanol–water partition coefficient (Wildman–Crippen LogP) is 4.18. The second-order valence-corrected chi connectivity index (χ2v) is 6.13. The molecule has 112 valence electrons. The Bertz CT molecular complexity index is 573. The summed E-state index contributed by atoms with van der Waals surface area (Å²) in [6.45, 7) is 9.35. The molecule has 0 bridgehead atoms. The molecule has 0 amide bonds. The van der Waals surface area contributed by atoms with Crippen molar-refractivity contribution < 1.29 is 0 Å². The quantitative estimate of drug-likeness (QED) is 0.865. The normalized spacial score (nSPS) is 11.2. The van der Waals surface area contributed by atoms with Crippen molar-refractivity contribution in [1.29, 1.82) is 0 Å². The lowest BCUT2D eigenvalue weighted by atomic mass is 10.1. The van der Waals surface area contributed by atoms with Gasteiger partial charge in [-0.3, -0.25) is 0 Å². The Morgan fingerprint density at radius 1 is 1.05 bits per heavy atom. The van der Waals surface area contributed by atoms with Crippen LogP contribution in [0.2, 0.25) is 0 Å². The summed E-state index contributed by atoms with van der Waals surface area (Å²) in [4.78, 5) is 9.18. The first-order valence-electron chi connectivity index (χ1n) is 7.44. The fourth-order valence-corrected chi connectivity index (χ4v) is 1.94. The summed E-state index contributed by atoms with van der Waals surface area (Å²) in [6.07, 6.45) is 1.06. The Kier molecular flexibility index (Phi) is 4.78. The lowest BCUT2D eigenvalue weighted by Gasteiger charge is -2.21. The Hall–Kier alpha value is -2.10. The van der Waals surface area contributed by atoms with Crippen molar-refractivity contribution in [3.63, 3.8) is 0 Å². The lowest BCUT2D eigenvalue weighted by molar-refractivity contribution is 0.626. The number of nitrogens with zero attached hydrogens (tertiary/aromatic N) is 2. The van der Waals surface area contributed by atoms with E-state index in [4.69, 9.17) is 0 Å². The first-order valence-corrected chi connectivity index (χ1v) is 7.44. The first kappa shape index (κ1) is 15.3. The molecule has 2 rings (SSSR count). The smallest absolute Gasteiger partial charge is 0.225 e. The second kappa shape index (κ2) is 6.57. The fourth-order valence-electron chi connectivity index (χ4n) is 1.94. The predicted molar refractivity (Wildman–Crippen MR) is 89.6 cm³/mol. The topological polar surface area (TPSA) is 49.8 Å². The van der Waals surface area contributed by atoms with E-state index in [1.807, 2.05) is 24.3 Å². The maximum absolute atomic E-state index is 4.63. The first-order chi connectivity index (χ1) is 9.98. The van der Waals surface area contributed by atoms with Crippen LogP contribution in [-0.2, 0) is 0 Å². The molecule has 21 heavy (non-hydrogen) atoms. The van der Waals surface area contributed by atoms with Gasteiger partial charge in [-0.2, -0.15) is 4.98 Å². The molecule has 2 N–H and O–H groups in total. The SMILES string of the molecule is CCCNc1cc(-c2ccccc2)nc(NC(C)(C)C)n1. The van der Waals surface area contributed by atoms with E-state index >= 15 is 0 Å². The molecule has 0 saturated heterocycles.